The monoisotopic (exact) mass is 544 g/mol. The van der Waals surface area contributed by atoms with Crippen molar-refractivity contribution in [3.8, 4) is 0 Å². The fourth-order valence-corrected chi connectivity index (χ4v) is 12.9. The van der Waals surface area contributed by atoms with Crippen LogP contribution in [-0.2, 0) is 24.4 Å². The van der Waals surface area contributed by atoms with Gasteiger partial charge in [0.1, 0.15) is 0 Å². The van der Waals surface area contributed by atoms with E-state index in [1.807, 2.05) is 0 Å². The molecule has 1 saturated heterocycles. The standard InChI is InChI=1S/C30H40O5S2/c1-28(2)17-11-18-29(3)25(28)16-19-30(4)26(29)20-22(35-30)21-27(36(31,32)23-12-7-5-8-13-23)37(33,34)24-14-9-6-10-15-24/h5-10,12-15,22,25-27H,11,16-21H2,1-4H3/t22?,25-,26+,29-,30+/m0/s1. The van der Waals surface area contributed by atoms with E-state index in [-0.39, 0.29) is 38.6 Å². The second-order valence-corrected chi connectivity index (χ2v) is 17.2. The van der Waals surface area contributed by atoms with E-state index in [0.717, 1.165) is 19.3 Å². The summed E-state index contributed by atoms with van der Waals surface area (Å²) >= 11 is 0. The molecule has 0 spiro atoms. The van der Waals surface area contributed by atoms with Gasteiger partial charge in [-0.3, -0.25) is 0 Å². The lowest BCUT2D eigenvalue weighted by atomic mass is 9.45. The number of rotatable bonds is 6. The second kappa shape index (κ2) is 9.20. The van der Waals surface area contributed by atoms with Gasteiger partial charge in [-0.05, 0) is 86.0 Å². The first kappa shape index (κ1) is 26.9. The highest BCUT2D eigenvalue weighted by Crippen LogP contribution is 2.66. The lowest BCUT2D eigenvalue weighted by Gasteiger charge is -2.60. The number of hydrogen-bond acceptors (Lipinski definition) is 5. The SMILES string of the molecule is CC1(C)CCC[C@]2(C)[C@H]3CC(CC(S(=O)(=O)c4ccccc4)S(=O)(=O)c4ccccc4)O[C@]3(C)CC[C@@H]12. The van der Waals surface area contributed by atoms with E-state index >= 15 is 0 Å². The molecule has 0 amide bonds. The average Bonchev–Trinajstić information content (AvgIpc) is 3.21. The van der Waals surface area contributed by atoms with Crippen molar-refractivity contribution >= 4 is 19.7 Å². The molecular formula is C30H40O5S2. The van der Waals surface area contributed by atoms with Crippen LogP contribution >= 0.6 is 0 Å². The zero-order chi connectivity index (χ0) is 26.7. The number of sulfone groups is 2. The van der Waals surface area contributed by atoms with Crippen LogP contribution in [0.4, 0.5) is 0 Å². The van der Waals surface area contributed by atoms with E-state index in [9.17, 15) is 16.8 Å². The molecule has 2 aliphatic carbocycles. The number of benzene rings is 2. The molecule has 2 aromatic rings. The van der Waals surface area contributed by atoms with Gasteiger partial charge in [0.25, 0.3) is 0 Å². The molecule has 5 nitrogen and oxygen atoms in total. The van der Waals surface area contributed by atoms with E-state index in [2.05, 4.69) is 27.7 Å². The molecule has 37 heavy (non-hydrogen) atoms. The minimum Gasteiger partial charge on any atom is -0.372 e. The van der Waals surface area contributed by atoms with E-state index in [4.69, 9.17) is 4.74 Å². The predicted octanol–water partition coefficient (Wildman–Crippen LogP) is 6.44. The van der Waals surface area contributed by atoms with Crippen LogP contribution in [0.1, 0.15) is 72.6 Å². The summed E-state index contributed by atoms with van der Waals surface area (Å²) in [7, 11) is -8.34. The molecule has 1 aliphatic heterocycles. The Kier molecular flexibility index (Phi) is 6.69. The molecule has 1 heterocycles. The van der Waals surface area contributed by atoms with Crippen molar-refractivity contribution in [2.45, 2.75) is 98.7 Å². The third-order valence-corrected chi connectivity index (χ3v) is 15.1. The third kappa shape index (κ3) is 4.49. The molecule has 0 N–H and O–H groups in total. The number of ether oxygens (including phenoxy) is 1. The average molecular weight is 545 g/mol. The van der Waals surface area contributed by atoms with Gasteiger partial charge in [-0.25, -0.2) is 16.8 Å². The summed E-state index contributed by atoms with van der Waals surface area (Å²) in [4.78, 5) is 0.0596. The summed E-state index contributed by atoms with van der Waals surface area (Å²) in [5, 5.41) is 0. The molecule has 0 bridgehead atoms. The maximum absolute atomic E-state index is 13.9. The van der Waals surface area contributed by atoms with Crippen molar-refractivity contribution in [2.24, 2.45) is 22.7 Å². The first-order chi connectivity index (χ1) is 17.3. The van der Waals surface area contributed by atoms with Crippen molar-refractivity contribution in [2.75, 3.05) is 0 Å². The zero-order valence-corrected chi connectivity index (χ0v) is 24.0. The Morgan fingerprint density at radius 1 is 0.784 bits per heavy atom. The van der Waals surface area contributed by atoms with Crippen LogP contribution < -0.4 is 0 Å². The highest BCUT2D eigenvalue weighted by molar-refractivity contribution is 8.09. The molecule has 2 aromatic carbocycles. The van der Waals surface area contributed by atoms with Gasteiger partial charge in [-0.1, -0.05) is 63.6 Å². The van der Waals surface area contributed by atoms with E-state index in [1.165, 1.54) is 37.1 Å². The molecule has 5 atom stereocenters. The zero-order valence-electron chi connectivity index (χ0n) is 22.4. The Morgan fingerprint density at radius 3 is 1.86 bits per heavy atom. The molecule has 1 unspecified atom stereocenters. The minimum atomic E-state index is -4.17. The number of fused-ring (bicyclic) bond motifs is 3. The fraction of sp³-hybridized carbons (Fsp3) is 0.600. The van der Waals surface area contributed by atoms with Gasteiger partial charge in [0.15, 0.2) is 24.3 Å². The predicted molar refractivity (Wildman–Crippen MR) is 146 cm³/mol. The molecule has 202 valence electrons. The van der Waals surface area contributed by atoms with Crippen molar-refractivity contribution in [1.29, 1.82) is 0 Å². The van der Waals surface area contributed by atoms with Crippen LogP contribution in [-0.4, -0.2) is 33.1 Å². The maximum atomic E-state index is 13.9. The van der Waals surface area contributed by atoms with Crippen LogP contribution in [0, 0.1) is 22.7 Å². The van der Waals surface area contributed by atoms with Gasteiger partial charge in [-0.15, -0.1) is 0 Å². The molecule has 0 radical (unpaired) electrons. The van der Waals surface area contributed by atoms with Gasteiger partial charge in [0.2, 0.25) is 0 Å². The van der Waals surface area contributed by atoms with Gasteiger partial charge in [0.05, 0.1) is 21.5 Å². The quantitative estimate of drug-likeness (QED) is 0.418. The van der Waals surface area contributed by atoms with Crippen molar-refractivity contribution in [3.63, 3.8) is 0 Å². The molecule has 3 aliphatic rings. The van der Waals surface area contributed by atoms with Crippen LogP contribution in [0.5, 0.6) is 0 Å². The normalized spacial score (nSPS) is 33.6. The Hall–Kier alpha value is -1.70. The Labute approximate surface area is 222 Å². The number of hydrogen-bond donors (Lipinski definition) is 0. The fourth-order valence-electron chi connectivity index (χ4n) is 8.26. The lowest BCUT2D eigenvalue weighted by Crippen LogP contribution is -2.55. The summed E-state index contributed by atoms with van der Waals surface area (Å²) in [5.41, 5.74) is 0.0127. The minimum absolute atomic E-state index is 0.0298. The van der Waals surface area contributed by atoms with Gasteiger partial charge in [0, 0.05) is 6.42 Å². The molecule has 7 heteroatoms. The third-order valence-electron chi connectivity index (χ3n) is 9.96. The smallest absolute Gasteiger partial charge is 0.196 e. The maximum Gasteiger partial charge on any atom is 0.196 e. The molecule has 0 aromatic heterocycles. The molecular weight excluding hydrogens is 504 g/mol. The van der Waals surface area contributed by atoms with Gasteiger partial charge >= 0.3 is 0 Å². The van der Waals surface area contributed by atoms with Crippen molar-refractivity contribution in [1.82, 2.24) is 0 Å². The largest absolute Gasteiger partial charge is 0.372 e. The summed E-state index contributed by atoms with van der Waals surface area (Å²) in [6.07, 6.45) is 5.79. The van der Waals surface area contributed by atoms with Crippen LogP contribution in [0.15, 0.2) is 70.5 Å². The summed E-state index contributed by atoms with van der Waals surface area (Å²) in [6.45, 7) is 9.36. The van der Waals surface area contributed by atoms with E-state index in [1.54, 1.807) is 36.4 Å². The lowest BCUT2D eigenvalue weighted by molar-refractivity contribution is -0.155. The summed E-state index contributed by atoms with van der Waals surface area (Å²) in [6, 6.07) is 15.9. The topological polar surface area (TPSA) is 77.5 Å². The molecule has 3 fully saturated rings. The molecule has 5 rings (SSSR count). The van der Waals surface area contributed by atoms with Crippen LogP contribution in [0.3, 0.4) is 0 Å². The molecule has 2 saturated carbocycles. The summed E-state index contributed by atoms with van der Waals surface area (Å²) in [5.74, 6) is 0.869. The Morgan fingerprint density at radius 2 is 1.32 bits per heavy atom. The highest BCUT2D eigenvalue weighted by Gasteiger charge is 2.62. The van der Waals surface area contributed by atoms with Crippen LogP contribution in [0.25, 0.3) is 0 Å². The second-order valence-electron chi connectivity index (χ2n) is 12.7. The highest BCUT2D eigenvalue weighted by atomic mass is 32.3. The first-order valence-electron chi connectivity index (χ1n) is 13.6. The summed E-state index contributed by atoms with van der Waals surface area (Å²) < 4.78 is 60.6. The first-order valence-corrected chi connectivity index (χ1v) is 16.7. The van der Waals surface area contributed by atoms with E-state index in [0.29, 0.717) is 12.3 Å². The Bertz CT molecular complexity index is 1270. The van der Waals surface area contributed by atoms with E-state index < -0.39 is 30.4 Å². The van der Waals surface area contributed by atoms with Gasteiger partial charge in [-0.2, -0.15) is 0 Å². The Balaban J connectivity index is 1.51. The van der Waals surface area contributed by atoms with Crippen molar-refractivity contribution in [3.05, 3.63) is 60.7 Å². The van der Waals surface area contributed by atoms with Crippen molar-refractivity contribution < 1.29 is 21.6 Å². The van der Waals surface area contributed by atoms with Gasteiger partial charge < -0.3 is 4.74 Å². The van der Waals surface area contributed by atoms with Crippen LogP contribution in [0.2, 0.25) is 0 Å².